The van der Waals surface area contributed by atoms with Gasteiger partial charge in [-0.3, -0.25) is 4.79 Å². The van der Waals surface area contributed by atoms with Crippen LogP contribution in [-0.2, 0) is 27.8 Å². The first-order valence-electron chi connectivity index (χ1n) is 8.90. The normalized spacial score (nSPS) is 14.2. The fraction of sp³-hybridized carbons (Fsp3) is 0.350. The summed E-state index contributed by atoms with van der Waals surface area (Å²) in [5, 5.41) is 2.79. The zero-order valence-corrected chi connectivity index (χ0v) is 17.0. The van der Waals surface area contributed by atoms with E-state index in [0.717, 1.165) is 16.7 Å². The number of aryl methyl sites for hydroxylation is 1. The maximum Gasteiger partial charge on any atom is 0.262 e. The second-order valence-corrected chi connectivity index (χ2v) is 8.80. The van der Waals surface area contributed by atoms with Gasteiger partial charge < -0.3 is 14.8 Å². The highest BCUT2D eigenvalue weighted by atomic mass is 32.2. The van der Waals surface area contributed by atoms with Gasteiger partial charge >= 0.3 is 0 Å². The molecule has 8 heteroatoms. The van der Waals surface area contributed by atoms with Gasteiger partial charge in [-0.05, 0) is 54.3 Å². The highest BCUT2D eigenvalue weighted by Gasteiger charge is 2.23. The van der Waals surface area contributed by atoms with E-state index in [1.54, 1.807) is 13.2 Å². The minimum absolute atomic E-state index is 0.161. The molecular weight excluding hydrogens is 380 g/mol. The third-order valence-electron chi connectivity index (χ3n) is 4.61. The summed E-state index contributed by atoms with van der Waals surface area (Å²) in [6.45, 7) is 2.57. The van der Waals surface area contributed by atoms with Gasteiger partial charge in [0.15, 0.2) is 18.1 Å². The number of ether oxygens (including phenoxy) is 2. The summed E-state index contributed by atoms with van der Waals surface area (Å²) in [5.41, 5.74) is 3.64. The molecule has 1 aliphatic heterocycles. The van der Waals surface area contributed by atoms with E-state index in [-0.39, 0.29) is 12.5 Å². The first-order chi connectivity index (χ1) is 13.3. The smallest absolute Gasteiger partial charge is 0.262 e. The Kier molecular flexibility index (Phi) is 5.90. The monoisotopic (exact) mass is 404 g/mol. The van der Waals surface area contributed by atoms with E-state index in [2.05, 4.69) is 5.32 Å². The highest BCUT2D eigenvalue weighted by Crippen LogP contribution is 2.28. The second-order valence-electron chi connectivity index (χ2n) is 6.82. The fourth-order valence-corrected chi connectivity index (χ4v) is 3.92. The van der Waals surface area contributed by atoms with Gasteiger partial charge in [0, 0.05) is 18.8 Å². The summed E-state index contributed by atoms with van der Waals surface area (Å²) in [6, 6.07) is 11.0. The van der Waals surface area contributed by atoms with Gasteiger partial charge in [0.25, 0.3) is 5.91 Å². The minimum Gasteiger partial charge on any atom is -0.493 e. The van der Waals surface area contributed by atoms with Crippen molar-refractivity contribution in [3.8, 4) is 11.5 Å². The van der Waals surface area contributed by atoms with Crippen LogP contribution in [-0.4, -0.2) is 45.1 Å². The van der Waals surface area contributed by atoms with Crippen LogP contribution in [0.25, 0.3) is 0 Å². The molecule has 7 nitrogen and oxygen atoms in total. The zero-order chi connectivity index (χ0) is 20.3. The lowest BCUT2D eigenvalue weighted by atomic mass is 10.0. The number of carbonyl (C=O) groups is 1. The van der Waals surface area contributed by atoms with Crippen LogP contribution >= 0.6 is 0 Å². The van der Waals surface area contributed by atoms with Crippen molar-refractivity contribution >= 4 is 21.6 Å². The number of methoxy groups -OCH3 is 1. The fourth-order valence-electron chi connectivity index (χ4n) is 3.13. The van der Waals surface area contributed by atoms with Crippen molar-refractivity contribution in [3.63, 3.8) is 0 Å². The molecule has 0 aliphatic carbocycles. The number of nitrogens with zero attached hydrogens (tertiary/aromatic N) is 1. The molecule has 28 heavy (non-hydrogen) atoms. The highest BCUT2D eigenvalue weighted by molar-refractivity contribution is 7.88. The molecule has 1 N–H and O–H groups in total. The van der Waals surface area contributed by atoms with E-state index in [9.17, 15) is 13.2 Å². The van der Waals surface area contributed by atoms with Crippen LogP contribution in [0.1, 0.15) is 16.7 Å². The summed E-state index contributed by atoms with van der Waals surface area (Å²) in [4.78, 5) is 12.3. The van der Waals surface area contributed by atoms with Crippen molar-refractivity contribution in [1.82, 2.24) is 4.31 Å². The standard InChI is InChI=1S/C20H24N2O5S/c1-14-4-7-18(19(10-14)26-2)27-13-20(23)21-17-6-5-15-8-9-22(28(3,24)25)12-16(15)11-17/h4-7,10-11H,8-9,12-13H2,1-3H3,(H,21,23). The van der Waals surface area contributed by atoms with Crippen LogP contribution < -0.4 is 14.8 Å². The number of fused-ring (bicyclic) bond motifs is 1. The molecule has 1 aliphatic rings. The Morgan fingerprint density at radius 1 is 1.14 bits per heavy atom. The molecule has 0 unspecified atom stereocenters. The predicted octanol–water partition coefficient (Wildman–Crippen LogP) is 2.34. The lowest BCUT2D eigenvalue weighted by Crippen LogP contribution is -2.35. The Morgan fingerprint density at radius 3 is 2.64 bits per heavy atom. The quantitative estimate of drug-likeness (QED) is 0.799. The first-order valence-corrected chi connectivity index (χ1v) is 10.8. The van der Waals surface area contributed by atoms with Crippen LogP contribution in [0.2, 0.25) is 0 Å². The molecule has 1 heterocycles. The molecule has 2 aromatic carbocycles. The van der Waals surface area contributed by atoms with Crippen molar-refractivity contribution in [2.45, 2.75) is 19.9 Å². The number of sulfonamides is 1. The molecule has 2 aromatic rings. The Balaban J connectivity index is 1.64. The Hall–Kier alpha value is -2.58. The number of hydrogen-bond acceptors (Lipinski definition) is 5. The average Bonchev–Trinajstić information content (AvgIpc) is 2.65. The molecule has 0 radical (unpaired) electrons. The lowest BCUT2D eigenvalue weighted by Gasteiger charge is -2.27. The molecule has 0 saturated heterocycles. The van der Waals surface area contributed by atoms with E-state index in [1.165, 1.54) is 10.6 Å². The van der Waals surface area contributed by atoms with E-state index in [1.807, 2.05) is 37.3 Å². The Morgan fingerprint density at radius 2 is 1.93 bits per heavy atom. The van der Waals surface area contributed by atoms with Crippen LogP contribution in [0.5, 0.6) is 11.5 Å². The predicted molar refractivity (Wildman–Crippen MR) is 107 cm³/mol. The SMILES string of the molecule is COc1cc(C)ccc1OCC(=O)Nc1ccc2c(c1)CN(S(C)(=O)=O)CC2. The van der Waals surface area contributed by atoms with Gasteiger partial charge in [0.05, 0.1) is 13.4 Å². The number of anilines is 1. The average molecular weight is 404 g/mol. The van der Waals surface area contributed by atoms with Crippen LogP contribution in [0.4, 0.5) is 5.69 Å². The van der Waals surface area contributed by atoms with Gasteiger partial charge in [0.1, 0.15) is 0 Å². The van der Waals surface area contributed by atoms with Gasteiger partial charge in [-0.1, -0.05) is 12.1 Å². The van der Waals surface area contributed by atoms with Crippen molar-refractivity contribution in [3.05, 3.63) is 53.1 Å². The minimum atomic E-state index is -3.24. The molecule has 0 fully saturated rings. The lowest BCUT2D eigenvalue weighted by molar-refractivity contribution is -0.118. The molecule has 1 amide bonds. The maximum atomic E-state index is 12.3. The van der Waals surface area contributed by atoms with Crippen molar-refractivity contribution in [1.29, 1.82) is 0 Å². The van der Waals surface area contributed by atoms with E-state index >= 15 is 0 Å². The molecule has 150 valence electrons. The van der Waals surface area contributed by atoms with Gasteiger partial charge in [-0.15, -0.1) is 0 Å². The van der Waals surface area contributed by atoms with Crippen molar-refractivity contribution in [2.24, 2.45) is 0 Å². The number of amides is 1. The van der Waals surface area contributed by atoms with Gasteiger partial charge in [0.2, 0.25) is 10.0 Å². The second kappa shape index (κ2) is 8.20. The van der Waals surface area contributed by atoms with E-state index < -0.39 is 10.0 Å². The van der Waals surface area contributed by atoms with Crippen molar-refractivity contribution < 1.29 is 22.7 Å². The Labute approximate surface area is 165 Å². The molecule has 0 spiro atoms. The van der Waals surface area contributed by atoms with Gasteiger partial charge in [-0.25, -0.2) is 8.42 Å². The number of hydrogen-bond donors (Lipinski definition) is 1. The van der Waals surface area contributed by atoms with E-state index in [4.69, 9.17) is 9.47 Å². The van der Waals surface area contributed by atoms with Crippen LogP contribution in [0, 0.1) is 6.92 Å². The topological polar surface area (TPSA) is 84.9 Å². The number of rotatable bonds is 6. The Bertz CT molecular complexity index is 988. The van der Waals surface area contributed by atoms with Crippen LogP contribution in [0.3, 0.4) is 0 Å². The molecule has 0 atom stereocenters. The summed E-state index contributed by atoms with van der Waals surface area (Å²) in [6.07, 6.45) is 1.87. The number of nitrogens with one attached hydrogen (secondary N) is 1. The third-order valence-corrected chi connectivity index (χ3v) is 5.86. The summed E-state index contributed by atoms with van der Waals surface area (Å²) in [5.74, 6) is 0.762. The largest absolute Gasteiger partial charge is 0.493 e. The molecule has 0 saturated carbocycles. The van der Waals surface area contributed by atoms with E-state index in [0.29, 0.717) is 36.7 Å². The summed E-state index contributed by atoms with van der Waals surface area (Å²) >= 11 is 0. The molecule has 0 bridgehead atoms. The number of benzene rings is 2. The van der Waals surface area contributed by atoms with Crippen molar-refractivity contribution in [2.75, 3.05) is 31.8 Å². The molecule has 3 rings (SSSR count). The molecular formula is C20H24N2O5S. The first kappa shape index (κ1) is 20.2. The third kappa shape index (κ3) is 4.82. The van der Waals surface area contributed by atoms with Crippen LogP contribution in [0.15, 0.2) is 36.4 Å². The summed E-state index contributed by atoms with van der Waals surface area (Å²) in [7, 11) is -1.69. The number of carbonyl (C=O) groups excluding carboxylic acids is 1. The maximum absolute atomic E-state index is 12.3. The zero-order valence-electron chi connectivity index (χ0n) is 16.2. The molecule has 0 aromatic heterocycles. The van der Waals surface area contributed by atoms with Gasteiger partial charge in [-0.2, -0.15) is 4.31 Å². The summed E-state index contributed by atoms with van der Waals surface area (Å²) < 4.78 is 35.8.